The minimum absolute atomic E-state index is 0.0450. The Balaban J connectivity index is 1.59. The molecule has 31 heavy (non-hydrogen) atoms. The Hall–Kier alpha value is -2.09. The van der Waals surface area contributed by atoms with E-state index in [0.29, 0.717) is 43.3 Å². The SMILES string of the molecule is CCOc1ccc(S(=O)(=O)N2CCC(C(=O)N[C@@H](C)c3ccc(Cl)cc3)CC2)cc1C. The summed E-state index contributed by atoms with van der Waals surface area (Å²) in [6.45, 7) is 6.82. The van der Waals surface area contributed by atoms with Crippen LogP contribution in [0.25, 0.3) is 0 Å². The Morgan fingerprint density at radius 3 is 2.42 bits per heavy atom. The lowest BCUT2D eigenvalue weighted by Gasteiger charge is -2.31. The number of ether oxygens (including phenoxy) is 1. The maximum absolute atomic E-state index is 13.0. The fourth-order valence-corrected chi connectivity index (χ4v) is 5.45. The van der Waals surface area contributed by atoms with Gasteiger partial charge < -0.3 is 10.1 Å². The van der Waals surface area contributed by atoms with Gasteiger partial charge in [-0.25, -0.2) is 8.42 Å². The van der Waals surface area contributed by atoms with Gasteiger partial charge in [-0.3, -0.25) is 4.79 Å². The number of nitrogens with one attached hydrogen (secondary N) is 1. The number of hydrogen-bond acceptors (Lipinski definition) is 4. The van der Waals surface area contributed by atoms with Crippen molar-refractivity contribution >= 4 is 27.5 Å². The first-order valence-electron chi connectivity index (χ1n) is 10.5. The molecule has 2 aromatic rings. The molecular formula is C23H29ClN2O4S. The highest BCUT2D eigenvalue weighted by Crippen LogP contribution is 2.28. The fraction of sp³-hybridized carbons (Fsp3) is 0.435. The molecule has 6 nitrogen and oxygen atoms in total. The van der Waals surface area contributed by atoms with Gasteiger partial charge >= 0.3 is 0 Å². The lowest BCUT2D eigenvalue weighted by molar-refractivity contribution is -0.126. The van der Waals surface area contributed by atoms with Gasteiger partial charge in [0.25, 0.3) is 0 Å². The summed E-state index contributed by atoms with van der Waals surface area (Å²) < 4.78 is 33.1. The van der Waals surface area contributed by atoms with Crippen LogP contribution in [0.5, 0.6) is 5.75 Å². The second-order valence-corrected chi connectivity index (χ2v) is 10.2. The maximum Gasteiger partial charge on any atom is 0.243 e. The number of rotatable bonds is 7. The third-order valence-electron chi connectivity index (χ3n) is 5.64. The molecule has 1 aliphatic rings. The topological polar surface area (TPSA) is 75.7 Å². The highest BCUT2D eigenvalue weighted by Gasteiger charge is 2.32. The van der Waals surface area contributed by atoms with Crippen molar-refractivity contribution in [1.29, 1.82) is 0 Å². The Labute approximate surface area is 189 Å². The van der Waals surface area contributed by atoms with Crippen LogP contribution in [0, 0.1) is 12.8 Å². The second-order valence-electron chi connectivity index (χ2n) is 7.82. The molecule has 0 unspecified atom stereocenters. The van der Waals surface area contributed by atoms with E-state index in [1.54, 1.807) is 30.3 Å². The molecule has 1 N–H and O–H groups in total. The van der Waals surface area contributed by atoms with Crippen LogP contribution >= 0.6 is 11.6 Å². The van der Waals surface area contributed by atoms with Crippen LogP contribution < -0.4 is 10.1 Å². The Kier molecular flexibility index (Phi) is 7.62. The third kappa shape index (κ3) is 5.59. The number of carbonyl (C=O) groups excluding carboxylic acids is 1. The number of nitrogens with zero attached hydrogens (tertiary/aromatic N) is 1. The van der Waals surface area contributed by atoms with Crippen LogP contribution in [0.2, 0.25) is 5.02 Å². The molecule has 1 fully saturated rings. The van der Waals surface area contributed by atoms with Crippen LogP contribution in [0.4, 0.5) is 0 Å². The van der Waals surface area contributed by atoms with Crippen molar-refractivity contribution < 1.29 is 17.9 Å². The molecule has 1 amide bonds. The van der Waals surface area contributed by atoms with E-state index in [9.17, 15) is 13.2 Å². The van der Waals surface area contributed by atoms with Gasteiger partial charge in [-0.05, 0) is 75.1 Å². The first-order chi connectivity index (χ1) is 14.7. The molecule has 8 heteroatoms. The zero-order chi connectivity index (χ0) is 22.6. The number of piperidine rings is 1. The summed E-state index contributed by atoms with van der Waals surface area (Å²) >= 11 is 5.92. The molecule has 0 radical (unpaired) electrons. The third-order valence-corrected chi connectivity index (χ3v) is 7.78. The van der Waals surface area contributed by atoms with Gasteiger partial charge in [-0.1, -0.05) is 23.7 Å². The van der Waals surface area contributed by atoms with Crippen LogP contribution in [-0.4, -0.2) is 38.3 Å². The fourth-order valence-electron chi connectivity index (χ4n) is 3.77. The Morgan fingerprint density at radius 2 is 1.84 bits per heavy atom. The summed E-state index contributed by atoms with van der Waals surface area (Å²) in [6, 6.07) is 12.2. The van der Waals surface area contributed by atoms with Gasteiger partial charge in [0.15, 0.2) is 0 Å². The van der Waals surface area contributed by atoms with E-state index >= 15 is 0 Å². The van der Waals surface area contributed by atoms with Crippen LogP contribution in [0.15, 0.2) is 47.4 Å². The predicted molar refractivity (Wildman–Crippen MR) is 122 cm³/mol. The van der Waals surface area contributed by atoms with E-state index in [1.807, 2.05) is 32.9 Å². The minimum Gasteiger partial charge on any atom is -0.494 e. The average molecular weight is 465 g/mol. The summed E-state index contributed by atoms with van der Waals surface area (Å²) in [5.41, 5.74) is 1.76. The predicted octanol–water partition coefficient (Wildman–Crippen LogP) is 4.33. The molecule has 1 heterocycles. The van der Waals surface area contributed by atoms with Gasteiger partial charge in [0.2, 0.25) is 15.9 Å². The summed E-state index contributed by atoms with van der Waals surface area (Å²) in [5.74, 6) is 0.436. The number of carbonyl (C=O) groups is 1. The second kappa shape index (κ2) is 10.0. The van der Waals surface area contributed by atoms with Crippen molar-refractivity contribution in [2.45, 2.75) is 44.6 Å². The molecule has 168 valence electrons. The van der Waals surface area contributed by atoms with E-state index in [-0.39, 0.29) is 22.8 Å². The van der Waals surface area contributed by atoms with Crippen LogP contribution in [0.1, 0.15) is 43.9 Å². The van der Waals surface area contributed by atoms with Crippen LogP contribution in [0.3, 0.4) is 0 Å². The van der Waals surface area contributed by atoms with Gasteiger partial charge in [0.1, 0.15) is 5.75 Å². The van der Waals surface area contributed by atoms with E-state index in [0.717, 1.165) is 11.1 Å². The molecule has 0 aromatic heterocycles. The monoisotopic (exact) mass is 464 g/mol. The van der Waals surface area contributed by atoms with Crippen molar-refractivity contribution in [3.8, 4) is 5.75 Å². The quantitative estimate of drug-likeness (QED) is 0.661. The van der Waals surface area contributed by atoms with Gasteiger partial charge in [-0.2, -0.15) is 4.31 Å². The largest absolute Gasteiger partial charge is 0.494 e. The molecule has 0 aliphatic carbocycles. The van der Waals surface area contributed by atoms with Gasteiger partial charge in [0, 0.05) is 24.0 Å². The molecule has 1 aliphatic heterocycles. The van der Waals surface area contributed by atoms with Gasteiger partial charge in [-0.15, -0.1) is 0 Å². The lowest BCUT2D eigenvalue weighted by atomic mass is 9.96. The molecule has 0 bridgehead atoms. The van der Waals surface area contributed by atoms with E-state index in [1.165, 1.54) is 4.31 Å². The molecular weight excluding hydrogens is 436 g/mol. The molecule has 3 rings (SSSR count). The number of aryl methyl sites for hydroxylation is 1. The van der Waals surface area contributed by atoms with Crippen molar-refractivity contribution in [2.24, 2.45) is 5.92 Å². The molecule has 0 saturated carbocycles. The zero-order valence-electron chi connectivity index (χ0n) is 18.1. The number of benzene rings is 2. The summed E-state index contributed by atoms with van der Waals surface area (Å²) in [6.07, 6.45) is 0.989. The van der Waals surface area contributed by atoms with Crippen molar-refractivity contribution in [3.05, 3.63) is 58.6 Å². The number of sulfonamides is 1. The van der Waals surface area contributed by atoms with Gasteiger partial charge in [0.05, 0.1) is 17.5 Å². The molecule has 1 saturated heterocycles. The highest BCUT2D eigenvalue weighted by molar-refractivity contribution is 7.89. The number of amides is 1. The summed E-state index contributed by atoms with van der Waals surface area (Å²) in [4.78, 5) is 13.0. The maximum atomic E-state index is 13.0. The number of hydrogen-bond donors (Lipinski definition) is 1. The van der Waals surface area contributed by atoms with Crippen molar-refractivity contribution in [3.63, 3.8) is 0 Å². The highest BCUT2D eigenvalue weighted by atomic mass is 35.5. The number of halogens is 1. The van der Waals surface area contributed by atoms with E-state index in [2.05, 4.69) is 5.32 Å². The first-order valence-corrected chi connectivity index (χ1v) is 12.3. The molecule has 0 spiro atoms. The lowest BCUT2D eigenvalue weighted by Crippen LogP contribution is -2.43. The first kappa shape index (κ1) is 23.6. The standard InChI is InChI=1S/C23H29ClN2O4S/c1-4-30-22-10-9-21(15-16(22)2)31(28,29)26-13-11-19(12-14-26)23(27)25-17(3)18-5-7-20(24)8-6-18/h5-10,15,17,19H,4,11-14H2,1-3H3,(H,25,27)/t17-/m0/s1. The van der Waals surface area contributed by atoms with Crippen molar-refractivity contribution in [1.82, 2.24) is 9.62 Å². The van der Waals surface area contributed by atoms with Crippen LogP contribution in [-0.2, 0) is 14.8 Å². The summed E-state index contributed by atoms with van der Waals surface area (Å²) in [5, 5.41) is 3.68. The molecule has 1 atom stereocenters. The Morgan fingerprint density at radius 1 is 1.19 bits per heavy atom. The molecule has 2 aromatic carbocycles. The van der Waals surface area contributed by atoms with E-state index in [4.69, 9.17) is 16.3 Å². The minimum atomic E-state index is -3.60. The normalized spacial score (nSPS) is 16.6. The Bertz CT molecular complexity index is 1020. The van der Waals surface area contributed by atoms with Crippen molar-refractivity contribution in [2.75, 3.05) is 19.7 Å². The summed E-state index contributed by atoms with van der Waals surface area (Å²) in [7, 11) is -3.60. The zero-order valence-corrected chi connectivity index (χ0v) is 19.7. The van der Waals surface area contributed by atoms with E-state index < -0.39 is 10.0 Å². The average Bonchev–Trinajstić information content (AvgIpc) is 2.75. The smallest absolute Gasteiger partial charge is 0.243 e.